The van der Waals surface area contributed by atoms with Crippen molar-refractivity contribution in [1.82, 2.24) is 0 Å². The van der Waals surface area contributed by atoms with Gasteiger partial charge in [-0.05, 0) is 55.7 Å². The van der Waals surface area contributed by atoms with Crippen LogP contribution in [0.1, 0.15) is 55.5 Å². The van der Waals surface area contributed by atoms with Crippen molar-refractivity contribution in [3.05, 3.63) is 29.3 Å². The standard InChI is InChI=1S/C17H25NO2/c1-12-5-6-14(16(19)20)15(11-12)18(4)13-7-9-17(2,3)10-8-13/h5-6,11,13H,7-10H2,1-4H3,(H,19,20). The maximum absolute atomic E-state index is 11.4. The van der Waals surface area contributed by atoms with Gasteiger partial charge in [-0.2, -0.15) is 0 Å². The normalized spacial score (nSPS) is 18.8. The zero-order valence-corrected chi connectivity index (χ0v) is 12.9. The number of benzene rings is 1. The number of aryl methyl sites for hydroxylation is 1. The lowest BCUT2D eigenvalue weighted by Gasteiger charge is -2.40. The van der Waals surface area contributed by atoms with Gasteiger partial charge >= 0.3 is 5.97 Å². The summed E-state index contributed by atoms with van der Waals surface area (Å²) in [7, 11) is 2.03. The summed E-state index contributed by atoms with van der Waals surface area (Å²) in [5.74, 6) is -0.844. The summed E-state index contributed by atoms with van der Waals surface area (Å²) in [6, 6.07) is 6.02. The van der Waals surface area contributed by atoms with Crippen molar-refractivity contribution in [3.8, 4) is 0 Å². The lowest BCUT2D eigenvalue weighted by molar-refractivity contribution is 0.0697. The van der Waals surface area contributed by atoms with E-state index in [4.69, 9.17) is 0 Å². The minimum absolute atomic E-state index is 0.405. The van der Waals surface area contributed by atoms with E-state index >= 15 is 0 Å². The van der Waals surface area contributed by atoms with Crippen molar-refractivity contribution in [1.29, 1.82) is 0 Å². The molecule has 3 heteroatoms. The predicted octanol–water partition coefficient (Wildman–Crippen LogP) is 4.10. The maximum atomic E-state index is 11.4. The molecule has 0 radical (unpaired) electrons. The van der Waals surface area contributed by atoms with E-state index in [1.165, 1.54) is 12.8 Å². The molecular formula is C17H25NO2. The molecular weight excluding hydrogens is 250 g/mol. The molecule has 1 aliphatic carbocycles. The number of hydrogen-bond acceptors (Lipinski definition) is 2. The minimum atomic E-state index is -0.844. The van der Waals surface area contributed by atoms with E-state index in [-0.39, 0.29) is 0 Å². The molecule has 1 aromatic rings. The molecule has 0 amide bonds. The van der Waals surface area contributed by atoms with Gasteiger partial charge in [-0.25, -0.2) is 4.79 Å². The molecule has 1 aliphatic rings. The smallest absolute Gasteiger partial charge is 0.337 e. The molecule has 0 spiro atoms. The quantitative estimate of drug-likeness (QED) is 0.903. The van der Waals surface area contributed by atoms with Crippen molar-refractivity contribution in [3.63, 3.8) is 0 Å². The topological polar surface area (TPSA) is 40.5 Å². The van der Waals surface area contributed by atoms with Crippen LogP contribution in [0, 0.1) is 12.3 Å². The van der Waals surface area contributed by atoms with E-state index in [9.17, 15) is 9.90 Å². The van der Waals surface area contributed by atoms with E-state index in [0.717, 1.165) is 24.1 Å². The highest BCUT2D eigenvalue weighted by Gasteiger charge is 2.30. The van der Waals surface area contributed by atoms with Crippen LogP contribution in [0.25, 0.3) is 0 Å². The van der Waals surface area contributed by atoms with E-state index in [1.807, 2.05) is 26.1 Å². The van der Waals surface area contributed by atoms with Gasteiger partial charge in [0.15, 0.2) is 0 Å². The average Bonchev–Trinajstić information content (AvgIpc) is 2.37. The van der Waals surface area contributed by atoms with Gasteiger partial charge in [0.05, 0.1) is 11.3 Å². The SMILES string of the molecule is Cc1ccc(C(=O)O)c(N(C)C2CCC(C)(C)CC2)c1. The fraction of sp³-hybridized carbons (Fsp3) is 0.588. The maximum Gasteiger partial charge on any atom is 0.337 e. The molecule has 1 N–H and O–H groups in total. The summed E-state index contributed by atoms with van der Waals surface area (Å²) in [5, 5.41) is 9.36. The fourth-order valence-corrected chi connectivity index (χ4v) is 3.08. The molecule has 110 valence electrons. The molecule has 0 unspecified atom stereocenters. The predicted molar refractivity (Wildman–Crippen MR) is 82.6 cm³/mol. The van der Waals surface area contributed by atoms with Crippen LogP contribution < -0.4 is 4.90 Å². The van der Waals surface area contributed by atoms with Gasteiger partial charge in [-0.1, -0.05) is 19.9 Å². The van der Waals surface area contributed by atoms with Crippen LogP contribution in [0.2, 0.25) is 0 Å². The van der Waals surface area contributed by atoms with Gasteiger partial charge in [-0.15, -0.1) is 0 Å². The monoisotopic (exact) mass is 275 g/mol. The Morgan fingerprint density at radius 1 is 1.30 bits per heavy atom. The molecule has 1 fully saturated rings. The number of carbonyl (C=O) groups is 1. The van der Waals surface area contributed by atoms with Gasteiger partial charge in [0.25, 0.3) is 0 Å². The van der Waals surface area contributed by atoms with Crippen LogP contribution in [0.4, 0.5) is 5.69 Å². The third-order valence-corrected chi connectivity index (χ3v) is 4.62. The molecule has 0 heterocycles. The second-order valence-electron chi connectivity index (χ2n) is 6.83. The first kappa shape index (κ1) is 14.9. The summed E-state index contributed by atoms with van der Waals surface area (Å²) >= 11 is 0. The third-order valence-electron chi connectivity index (χ3n) is 4.62. The first-order valence-electron chi connectivity index (χ1n) is 7.37. The first-order valence-corrected chi connectivity index (χ1v) is 7.37. The number of hydrogen-bond donors (Lipinski definition) is 1. The van der Waals surface area contributed by atoms with Gasteiger partial charge in [0, 0.05) is 13.1 Å². The summed E-state index contributed by atoms with van der Waals surface area (Å²) in [4.78, 5) is 13.6. The third kappa shape index (κ3) is 3.14. The van der Waals surface area contributed by atoms with Crippen molar-refractivity contribution >= 4 is 11.7 Å². The van der Waals surface area contributed by atoms with Crippen LogP contribution in [-0.4, -0.2) is 24.2 Å². The van der Waals surface area contributed by atoms with Gasteiger partial charge in [0.1, 0.15) is 0 Å². The molecule has 0 aliphatic heterocycles. The van der Waals surface area contributed by atoms with Gasteiger partial charge in [-0.3, -0.25) is 0 Å². The largest absolute Gasteiger partial charge is 0.478 e. The van der Waals surface area contributed by atoms with Crippen LogP contribution in [0.15, 0.2) is 18.2 Å². The van der Waals surface area contributed by atoms with Crippen molar-refractivity contribution in [2.75, 3.05) is 11.9 Å². The Kier molecular flexibility index (Phi) is 4.07. The number of rotatable bonds is 3. The highest BCUT2D eigenvalue weighted by Crippen LogP contribution is 2.38. The molecule has 3 nitrogen and oxygen atoms in total. The Hall–Kier alpha value is -1.51. The summed E-state index contributed by atoms with van der Waals surface area (Å²) < 4.78 is 0. The van der Waals surface area contributed by atoms with Crippen LogP contribution in [-0.2, 0) is 0 Å². The Morgan fingerprint density at radius 3 is 2.45 bits per heavy atom. The number of carboxylic acid groups (broad SMARTS) is 1. The van der Waals surface area contributed by atoms with Crippen LogP contribution in [0.3, 0.4) is 0 Å². The summed E-state index contributed by atoms with van der Waals surface area (Å²) in [5.41, 5.74) is 2.79. The molecule has 0 aromatic heterocycles. The molecule has 1 aromatic carbocycles. The molecule has 20 heavy (non-hydrogen) atoms. The first-order chi connectivity index (χ1) is 9.30. The van der Waals surface area contributed by atoms with Crippen LogP contribution >= 0.6 is 0 Å². The number of nitrogens with zero attached hydrogens (tertiary/aromatic N) is 1. The van der Waals surface area contributed by atoms with E-state index in [0.29, 0.717) is 17.0 Å². The second kappa shape index (κ2) is 5.47. The Bertz CT molecular complexity index is 498. The average molecular weight is 275 g/mol. The lowest BCUT2D eigenvalue weighted by Crippen LogP contribution is -2.38. The summed E-state index contributed by atoms with van der Waals surface area (Å²) in [6.07, 6.45) is 4.68. The summed E-state index contributed by atoms with van der Waals surface area (Å²) in [6.45, 7) is 6.64. The van der Waals surface area contributed by atoms with Crippen molar-refractivity contribution < 1.29 is 9.90 Å². The minimum Gasteiger partial charge on any atom is -0.478 e. The lowest BCUT2D eigenvalue weighted by atomic mass is 9.75. The molecule has 1 saturated carbocycles. The molecule has 2 rings (SSSR count). The molecule has 0 bridgehead atoms. The van der Waals surface area contributed by atoms with E-state index in [1.54, 1.807) is 6.07 Å². The second-order valence-corrected chi connectivity index (χ2v) is 6.83. The Morgan fingerprint density at radius 2 is 1.90 bits per heavy atom. The zero-order chi connectivity index (χ0) is 14.9. The van der Waals surface area contributed by atoms with E-state index in [2.05, 4.69) is 18.7 Å². The molecule has 0 saturated heterocycles. The number of anilines is 1. The number of aromatic carboxylic acids is 1. The van der Waals surface area contributed by atoms with Gasteiger partial charge < -0.3 is 10.0 Å². The fourth-order valence-electron chi connectivity index (χ4n) is 3.08. The van der Waals surface area contributed by atoms with Crippen molar-refractivity contribution in [2.24, 2.45) is 5.41 Å². The highest BCUT2D eigenvalue weighted by atomic mass is 16.4. The number of carboxylic acids is 1. The zero-order valence-electron chi connectivity index (χ0n) is 12.9. The molecule has 0 atom stereocenters. The van der Waals surface area contributed by atoms with Crippen molar-refractivity contribution in [2.45, 2.75) is 52.5 Å². The Balaban J connectivity index is 2.23. The van der Waals surface area contributed by atoms with Crippen LogP contribution in [0.5, 0.6) is 0 Å². The van der Waals surface area contributed by atoms with Gasteiger partial charge in [0.2, 0.25) is 0 Å². The highest BCUT2D eigenvalue weighted by molar-refractivity contribution is 5.94. The Labute approximate surface area is 121 Å². The van der Waals surface area contributed by atoms with E-state index < -0.39 is 5.97 Å².